The van der Waals surface area contributed by atoms with Crippen LogP contribution in [0.4, 0.5) is 17.2 Å². The van der Waals surface area contributed by atoms with E-state index in [2.05, 4.69) is 23.3 Å². The Balaban J connectivity index is 1.65. The highest BCUT2D eigenvalue weighted by molar-refractivity contribution is 5.94. The molecule has 0 saturated carbocycles. The van der Waals surface area contributed by atoms with Gasteiger partial charge in [0.1, 0.15) is 18.7 Å². The van der Waals surface area contributed by atoms with Crippen LogP contribution >= 0.6 is 0 Å². The summed E-state index contributed by atoms with van der Waals surface area (Å²) in [4.78, 5) is 29.9. The number of nitrogens with two attached hydrogens (primary N) is 1. The Hall–Kier alpha value is -3.70. The number of aliphatic hydroxyl groups is 1. The van der Waals surface area contributed by atoms with E-state index in [9.17, 15) is 9.90 Å². The number of aliphatic hydroxyl groups excluding tert-OH is 1. The zero-order chi connectivity index (χ0) is 29.0. The standard InChI is InChI=1S/C29H42N8O3/c1-6-25(38)36-14-15-37(20(3)18-36)28-21-9-12-35(27-19(2)7-8-23(31)22(27)17-30)13-10-24(21)32-29(33-28)40-16-11-26(39)34(4)5/h6-8,17,20,25,30,38H,1,9-16,18,31H2,2-5H3/t20-,25?/m0/s1. The second-order valence-electron chi connectivity index (χ2n) is 10.7. The first-order valence-electron chi connectivity index (χ1n) is 13.8. The van der Waals surface area contributed by atoms with Gasteiger partial charge in [-0.2, -0.15) is 9.97 Å². The fourth-order valence-electron chi connectivity index (χ4n) is 5.53. The molecule has 4 N–H and O–H groups in total. The Morgan fingerprint density at radius 2 is 2.02 bits per heavy atom. The smallest absolute Gasteiger partial charge is 0.318 e. The van der Waals surface area contributed by atoms with E-state index in [-0.39, 0.29) is 31.0 Å². The highest BCUT2D eigenvalue weighted by Crippen LogP contribution is 2.34. The van der Waals surface area contributed by atoms with Crippen LogP contribution in [0.2, 0.25) is 0 Å². The number of nitrogens with zero attached hydrogens (tertiary/aromatic N) is 6. The van der Waals surface area contributed by atoms with Gasteiger partial charge in [-0.25, -0.2) is 0 Å². The molecule has 11 nitrogen and oxygen atoms in total. The molecule has 0 bridgehead atoms. The molecule has 0 aliphatic carbocycles. The second-order valence-corrected chi connectivity index (χ2v) is 10.7. The van der Waals surface area contributed by atoms with Gasteiger partial charge in [0.15, 0.2) is 0 Å². The van der Waals surface area contributed by atoms with E-state index in [1.54, 1.807) is 25.1 Å². The van der Waals surface area contributed by atoms with Crippen LogP contribution in [0.5, 0.6) is 6.01 Å². The zero-order valence-corrected chi connectivity index (χ0v) is 24.1. The lowest BCUT2D eigenvalue weighted by molar-refractivity contribution is -0.129. The zero-order valence-electron chi connectivity index (χ0n) is 24.1. The fraction of sp³-hybridized carbons (Fsp3) is 0.517. The first kappa shape index (κ1) is 29.3. The largest absolute Gasteiger partial charge is 0.463 e. The number of fused-ring (bicyclic) bond motifs is 1. The van der Waals surface area contributed by atoms with Crippen molar-refractivity contribution < 1.29 is 14.6 Å². The highest BCUT2D eigenvalue weighted by atomic mass is 16.5. The van der Waals surface area contributed by atoms with Crippen LogP contribution in [-0.2, 0) is 17.6 Å². The van der Waals surface area contributed by atoms with E-state index in [1.165, 1.54) is 6.21 Å². The summed E-state index contributed by atoms with van der Waals surface area (Å²) in [6.45, 7) is 11.6. The van der Waals surface area contributed by atoms with Crippen molar-refractivity contribution >= 4 is 29.3 Å². The normalized spacial score (nSPS) is 18.5. The van der Waals surface area contributed by atoms with E-state index >= 15 is 0 Å². The molecule has 2 aromatic rings. The lowest BCUT2D eigenvalue weighted by Gasteiger charge is -2.42. The molecule has 216 valence electrons. The van der Waals surface area contributed by atoms with Gasteiger partial charge in [0, 0.05) is 82.3 Å². The molecule has 1 amide bonds. The third-order valence-electron chi connectivity index (χ3n) is 7.78. The van der Waals surface area contributed by atoms with Gasteiger partial charge in [0.2, 0.25) is 5.91 Å². The lowest BCUT2D eigenvalue weighted by Crippen LogP contribution is -2.55. The first-order valence-corrected chi connectivity index (χ1v) is 13.8. The second kappa shape index (κ2) is 12.6. The van der Waals surface area contributed by atoms with Crippen molar-refractivity contribution in [2.75, 3.05) is 69.0 Å². The molecule has 1 aromatic heterocycles. The van der Waals surface area contributed by atoms with Crippen molar-refractivity contribution in [1.82, 2.24) is 19.8 Å². The maximum Gasteiger partial charge on any atom is 0.318 e. The number of anilines is 3. The van der Waals surface area contributed by atoms with E-state index in [4.69, 9.17) is 25.8 Å². The van der Waals surface area contributed by atoms with Crippen LogP contribution in [0.3, 0.4) is 0 Å². The average molecular weight is 551 g/mol. The molecule has 2 aliphatic rings. The van der Waals surface area contributed by atoms with Crippen LogP contribution in [-0.4, -0.2) is 103 Å². The molecule has 11 heteroatoms. The van der Waals surface area contributed by atoms with Crippen molar-refractivity contribution in [2.45, 2.75) is 45.4 Å². The molecule has 3 heterocycles. The number of carbonyl (C=O) groups is 1. The number of aromatic nitrogens is 2. The number of rotatable bonds is 9. The minimum Gasteiger partial charge on any atom is -0.463 e. The molecule has 2 atom stereocenters. The third kappa shape index (κ3) is 6.20. The van der Waals surface area contributed by atoms with Gasteiger partial charge in [0.25, 0.3) is 0 Å². The van der Waals surface area contributed by atoms with Crippen molar-refractivity contribution in [3.05, 3.63) is 47.2 Å². The van der Waals surface area contributed by atoms with E-state index in [0.717, 1.165) is 46.9 Å². The number of amides is 1. The predicted octanol–water partition coefficient (Wildman–Crippen LogP) is 1.84. The maximum atomic E-state index is 12.1. The Morgan fingerprint density at radius 3 is 2.70 bits per heavy atom. The van der Waals surface area contributed by atoms with Crippen LogP contribution in [0, 0.1) is 12.3 Å². The van der Waals surface area contributed by atoms with Crippen molar-refractivity contribution in [1.29, 1.82) is 5.41 Å². The van der Waals surface area contributed by atoms with Gasteiger partial charge in [0.05, 0.1) is 17.8 Å². The third-order valence-corrected chi connectivity index (χ3v) is 7.78. The molecule has 2 aliphatic heterocycles. The average Bonchev–Trinajstić information content (AvgIpc) is 3.15. The summed E-state index contributed by atoms with van der Waals surface area (Å²) >= 11 is 0. The molecule has 40 heavy (non-hydrogen) atoms. The van der Waals surface area contributed by atoms with Crippen LogP contribution < -0.4 is 20.3 Å². The monoisotopic (exact) mass is 550 g/mol. The summed E-state index contributed by atoms with van der Waals surface area (Å²) in [5.74, 6) is 0.827. The predicted molar refractivity (Wildman–Crippen MR) is 159 cm³/mol. The van der Waals surface area contributed by atoms with Crippen LogP contribution in [0.15, 0.2) is 24.8 Å². The number of nitrogens with one attached hydrogen (secondary N) is 1. The number of hydrogen-bond donors (Lipinski definition) is 3. The Morgan fingerprint density at radius 1 is 1.27 bits per heavy atom. The van der Waals surface area contributed by atoms with Crippen molar-refractivity contribution in [3.8, 4) is 6.01 Å². The molecule has 1 saturated heterocycles. The summed E-state index contributed by atoms with van der Waals surface area (Å²) in [5.41, 5.74) is 11.6. The molecule has 1 fully saturated rings. The Kier molecular flexibility index (Phi) is 9.26. The maximum absolute atomic E-state index is 12.1. The molecule has 0 radical (unpaired) electrons. The first-order chi connectivity index (χ1) is 19.1. The number of nitrogen functional groups attached to an aromatic ring is 1. The van der Waals surface area contributed by atoms with Crippen LogP contribution in [0.25, 0.3) is 0 Å². The SMILES string of the molecule is C=CC(O)N1CCN(c2nc(OCCC(=O)N(C)C)nc3c2CCN(c2c(C)ccc(N)c2C=N)CC3)[C@@H](C)C1. The lowest BCUT2D eigenvalue weighted by atomic mass is 10.0. The molecular weight excluding hydrogens is 508 g/mol. The van der Waals surface area contributed by atoms with Gasteiger partial charge in [-0.15, -0.1) is 0 Å². The number of ether oxygens (including phenoxy) is 1. The summed E-state index contributed by atoms with van der Waals surface area (Å²) < 4.78 is 5.94. The van der Waals surface area contributed by atoms with Gasteiger partial charge in [-0.1, -0.05) is 12.6 Å². The number of aryl methyl sites for hydroxylation is 1. The molecular formula is C29H42N8O3. The number of piperazine rings is 1. The Bertz CT molecular complexity index is 1250. The van der Waals surface area contributed by atoms with Gasteiger partial charge < -0.3 is 35.7 Å². The van der Waals surface area contributed by atoms with E-state index in [1.807, 2.05) is 24.0 Å². The molecule has 0 spiro atoms. The van der Waals surface area contributed by atoms with E-state index in [0.29, 0.717) is 38.3 Å². The Labute approximate surface area is 236 Å². The molecule has 1 aromatic carbocycles. The number of benzene rings is 1. The van der Waals surface area contributed by atoms with Crippen LogP contribution in [0.1, 0.15) is 35.7 Å². The minimum atomic E-state index is -0.682. The number of hydrogen-bond acceptors (Lipinski definition) is 10. The topological polar surface area (TPSA) is 135 Å². The quantitative estimate of drug-likeness (QED) is 0.243. The highest BCUT2D eigenvalue weighted by Gasteiger charge is 2.31. The number of carbonyl (C=O) groups excluding carboxylic acids is 1. The minimum absolute atomic E-state index is 0.0179. The van der Waals surface area contributed by atoms with Gasteiger partial charge in [-0.3, -0.25) is 9.69 Å². The fourth-order valence-corrected chi connectivity index (χ4v) is 5.53. The molecule has 4 rings (SSSR count). The van der Waals surface area contributed by atoms with Gasteiger partial charge in [-0.05, 0) is 38.0 Å². The molecule has 1 unspecified atom stereocenters. The summed E-state index contributed by atoms with van der Waals surface area (Å²) in [6, 6.07) is 4.21. The van der Waals surface area contributed by atoms with Crippen molar-refractivity contribution in [2.24, 2.45) is 0 Å². The van der Waals surface area contributed by atoms with E-state index < -0.39 is 6.23 Å². The summed E-state index contributed by atoms with van der Waals surface area (Å²) in [5, 5.41) is 18.3. The van der Waals surface area contributed by atoms with Gasteiger partial charge >= 0.3 is 6.01 Å². The summed E-state index contributed by atoms with van der Waals surface area (Å²) in [6.07, 6.45) is 3.84. The van der Waals surface area contributed by atoms with Crippen molar-refractivity contribution in [3.63, 3.8) is 0 Å². The summed E-state index contributed by atoms with van der Waals surface area (Å²) in [7, 11) is 3.45.